The molecule has 0 spiro atoms. The summed E-state index contributed by atoms with van der Waals surface area (Å²) < 4.78 is 24.3. The molecule has 0 saturated heterocycles. The Balaban J connectivity index is 3.52. The van der Waals surface area contributed by atoms with Gasteiger partial charge >= 0.3 is 11.9 Å². The largest absolute Gasteiger partial charge is 0.478 e. The first kappa shape index (κ1) is 15.2. The number of rotatable bonds is 5. The molecule has 0 fully saturated rings. The van der Waals surface area contributed by atoms with E-state index in [4.69, 9.17) is 10.2 Å². The first-order valence-electron chi connectivity index (χ1n) is 5.55. The Morgan fingerprint density at radius 3 is 1.84 bits per heavy atom. The molecule has 0 radical (unpaired) electrons. The van der Waals surface area contributed by atoms with Crippen molar-refractivity contribution in [3.05, 3.63) is 29.3 Å². The molecule has 7 heteroatoms. The molecule has 19 heavy (non-hydrogen) atoms. The average Bonchev–Trinajstić information content (AvgIpc) is 2.36. The van der Waals surface area contributed by atoms with Crippen LogP contribution in [0, 0.1) is 0 Å². The first-order chi connectivity index (χ1) is 8.70. The zero-order valence-corrected chi connectivity index (χ0v) is 11.3. The third-order valence-corrected chi connectivity index (χ3v) is 5.12. The van der Waals surface area contributed by atoms with Gasteiger partial charge in [0.2, 0.25) is 0 Å². The van der Waals surface area contributed by atoms with Crippen LogP contribution in [0.25, 0.3) is 0 Å². The van der Waals surface area contributed by atoms with E-state index in [1.807, 2.05) is 0 Å². The topological polar surface area (TPSA) is 109 Å². The Hall–Kier alpha value is -1.89. The second kappa shape index (κ2) is 5.40. The van der Waals surface area contributed by atoms with Gasteiger partial charge in [-0.05, 0) is 31.5 Å². The summed E-state index contributed by atoms with van der Waals surface area (Å²) in [6.07, 6.45) is 0.349. The molecular weight excluding hydrogens is 272 g/mol. The maximum atomic E-state index is 12.1. The van der Waals surface area contributed by atoms with E-state index in [0.717, 1.165) is 18.2 Å². The number of carboxylic acids is 2. The summed E-state index contributed by atoms with van der Waals surface area (Å²) in [5.74, 6) is -2.74. The van der Waals surface area contributed by atoms with E-state index >= 15 is 0 Å². The number of benzene rings is 1. The molecule has 1 aromatic carbocycles. The fourth-order valence-corrected chi connectivity index (χ4v) is 2.95. The zero-order chi connectivity index (χ0) is 14.8. The third kappa shape index (κ3) is 3.11. The maximum absolute atomic E-state index is 12.1. The number of hydrogen-bond donors (Lipinski definition) is 2. The smallest absolute Gasteiger partial charge is 0.335 e. The molecule has 104 valence electrons. The second-order valence-electron chi connectivity index (χ2n) is 4.12. The Kier molecular flexibility index (Phi) is 4.31. The van der Waals surface area contributed by atoms with Gasteiger partial charge in [-0.15, -0.1) is 0 Å². The van der Waals surface area contributed by atoms with Crippen LogP contribution in [0.3, 0.4) is 0 Å². The van der Waals surface area contributed by atoms with Crippen LogP contribution in [0.4, 0.5) is 0 Å². The average molecular weight is 286 g/mol. The Morgan fingerprint density at radius 2 is 1.53 bits per heavy atom. The maximum Gasteiger partial charge on any atom is 0.335 e. The van der Waals surface area contributed by atoms with Crippen molar-refractivity contribution in [1.29, 1.82) is 0 Å². The summed E-state index contributed by atoms with van der Waals surface area (Å²) >= 11 is 0. The zero-order valence-electron chi connectivity index (χ0n) is 10.5. The van der Waals surface area contributed by atoms with Crippen molar-refractivity contribution >= 4 is 21.8 Å². The number of sulfone groups is 1. The lowest BCUT2D eigenvalue weighted by atomic mass is 10.1. The minimum atomic E-state index is -3.73. The van der Waals surface area contributed by atoms with Gasteiger partial charge in [-0.3, -0.25) is 0 Å². The summed E-state index contributed by atoms with van der Waals surface area (Å²) in [5, 5.41) is 17.1. The SMILES string of the molecule is CCC(C)S(=O)(=O)c1cc(C(=O)O)cc(C(=O)O)c1. The van der Waals surface area contributed by atoms with Gasteiger partial charge in [0.25, 0.3) is 0 Å². The quantitative estimate of drug-likeness (QED) is 0.852. The monoisotopic (exact) mass is 286 g/mol. The van der Waals surface area contributed by atoms with E-state index in [1.54, 1.807) is 6.92 Å². The van der Waals surface area contributed by atoms with Crippen LogP contribution >= 0.6 is 0 Å². The number of hydrogen-bond acceptors (Lipinski definition) is 4. The Labute approximate surface area is 110 Å². The number of carbonyl (C=O) groups is 2. The number of aromatic carboxylic acids is 2. The summed E-state index contributed by atoms with van der Waals surface area (Å²) in [5.41, 5.74) is -0.719. The van der Waals surface area contributed by atoms with Crippen molar-refractivity contribution < 1.29 is 28.2 Å². The molecule has 0 amide bonds. The number of carboxylic acid groups (broad SMARTS) is 2. The van der Waals surface area contributed by atoms with Crippen LogP contribution in [-0.2, 0) is 9.84 Å². The lowest BCUT2D eigenvalue weighted by Gasteiger charge is -2.12. The molecule has 0 aromatic heterocycles. The van der Waals surface area contributed by atoms with Gasteiger partial charge in [-0.2, -0.15) is 0 Å². The lowest BCUT2D eigenvalue weighted by molar-refractivity contribution is 0.0696. The molecule has 0 bridgehead atoms. The Morgan fingerprint density at radius 1 is 1.11 bits per heavy atom. The van der Waals surface area contributed by atoms with Crippen LogP contribution in [0.2, 0.25) is 0 Å². The molecule has 0 saturated carbocycles. The predicted molar refractivity (Wildman–Crippen MR) is 67.3 cm³/mol. The summed E-state index contributed by atoms with van der Waals surface area (Å²) in [7, 11) is -3.73. The van der Waals surface area contributed by atoms with Crippen molar-refractivity contribution in [2.24, 2.45) is 0 Å². The highest BCUT2D eigenvalue weighted by Gasteiger charge is 2.24. The van der Waals surface area contributed by atoms with Gasteiger partial charge in [0.1, 0.15) is 0 Å². The molecule has 0 aliphatic carbocycles. The summed E-state index contributed by atoms with van der Waals surface area (Å²) in [6.45, 7) is 3.17. The van der Waals surface area contributed by atoms with Crippen molar-refractivity contribution in [2.45, 2.75) is 30.4 Å². The van der Waals surface area contributed by atoms with Crippen molar-refractivity contribution in [2.75, 3.05) is 0 Å². The highest BCUT2D eigenvalue weighted by atomic mass is 32.2. The van der Waals surface area contributed by atoms with Crippen LogP contribution in [-0.4, -0.2) is 35.8 Å². The van der Waals surface area contributed by atoms with Crippen LogP contribution < -0.4 is 0 Å². The molecule has 1 atom stereocenters. The molecule has 1 aromatic rings. The van der Waals surface area contributed by atoms with E-state index in [1.165, 1.54) is 6.92 Å². The second-order valence-corrected chi connectivity index (χ2v) is 6.49. The Bertz CT molecular complexity index is 585. The first-order valence-corrected chi connectivity index (χ1v) is 7.10. The fourth-order valence-electron chi connectivity index (χ4n) is 1.46. The molecule has 2 N–H and O–H groups in total. The van der Waals surface area contributed by atoms with Crippen LogP contribution in [0.5, 0.6) is 0 Å². The highest BCUT2D eigenvalue weighted by molar-refractivity contribution is 7.92. The molecular formula is C12H14O6S. The van der Waals surface area contributed by atoms with E-state index in [-0.39, 0.29) is 16.0 Å². The molecule has 0 aliphatic rings. The highest BCUT2D eigenvalue weighted by Crippen LogP contribution is 2.21. The predicted octanol–water partition coefficient (Wildman–Crippen LogP) is 1.66. The fraction of sp³-hybridized carbons (Fsp3) is 0.333. The molecule has 0 heterocycles. The summed E-state index contributed by atoms with van der Waals surface area (Å²) in [6, 6.07) is 2.90. The van der Waals surface area contributed by atoms with Gasteiger partial charge < -0.3 is 10.2 Å². The van der Waals surface area contributed by atoms with Crippen molar-refractivity contribution in [1.82, 2.24) is 0 Å². The van der Waals surface area contributed by atoms with Gasteiger partial charge in [-0.25, -0.2) is 18.0 Å². The van der Waals surface area contributed by atoms with Gasteiger partial charge in [0.15, 0.2) is 9.84 Å². The summed E-state index contributed by atoms with van der Waals surface area (Å²) in [4.78, 5) is 21.5. The lowest BCUT2D eigenvalue weighted by Crippen LogP contribution is -2.18. The van der Waals surface area contributed by atoms with Crippen LogP contribution in [0.15, 0.2) is 23.1 Å². The van der Waals surface area contributed by atoms with E-state index in [0.29, 0.717) is 6.42 Å². The third-order valence-electron chi connectivity index (χ3n) is 2.83. The van der Waals surface area contributed by atoms with Gasteiger partial charge in [0.05, 0.1) is 21.3 Å². The van der Waals surface area contributed by atoms with E-state index < -0.39 is 27.0 Å². The molecule has 1 rings (SSSR count). The molecule has 1 unspecified atom stereocenters. The van der Waals surface area contributed by atoms with E-state index in [2.05, 4.69) is 0 Å². The molecule has 6 nitrogen and oxygen atoms in total. The van der Waals surface area contributed by atoms with Crippen LogP contribution in [0.1, 0.15) is 41.0 Å². The minimum absolute atomic E-state index is 0.279. The standard InChI is InChI=1S/C12H14O6S/c1-3-7(2)19(17,18)10-5-8(11(13)14)4-9(6-10)12(15)16/h4-7H,3H2,1-2H3,(H,13,14)(H,15,16). The van der Waals surface area contributed by atoms with E-state index in [9.17, 15) is 18.0 Å². The van der Waals surface area contributed by atoms with Gasteiger partial charge in [-0.1, -0.05) is 6.92 Å². The normalized spacial score (nSPS) is 12.9. The minimum Gasteiger partial charge on any atom is -0.478 e. The molecule has 0 aliphatic heterocycles. The van der Waals surface area contributed by atoms with Crippen molar-refractivity contribution in [3.63, 3.8) is 0 Å². The van der Waals surface area contributed by atoms with Crippen molar-refractivity contribution in [3.8, 4) is 0 Å². The van der Waals surface area contributed by atoms with Gasteiger partial charge in [0, 0.05) is 0 Å².